The molecule has 1 atom stereocenters. The summed E-state index contributed by atoms with van der Waals surface area (Å²) in [6.45, 7) is 6.41. The molecule has 2 aromatic carbocycles. The van der Waals surface area contributed by atoms with Crippen LogP contribution < -0.4 is 10.1 Å². The highest BCUT2D eigenvalue weighted by Gasteiger charge is 2.21. The first kappa shape index (κ1) is 28.9. The van der Waals surface area contributed by atoms with E-state index in [1.807, 2.05) is 17.5 Å². The topological polar surface area (TPSA) is 103 Å². The Balaban J connectivity index is 1.27. The predicted octanol–water partition coefficient (Wildman–Crippen LogP) is 5.93. The number of carbonyl (C=O) groups excluding carboxylic acids is 1. The van der Waals surface area contributed by atoms with Gasteiger partial charge in [0.25, 0.3) is 0 Å². The van der Waals surface area contributed by atoms with Crippen molar-refractivity contribution < 1.29 is 28.5 Å². The normalized spacial score (nSPS) is 15.0. The summed E-state index contributed by atoms with van der Waals surface area (Å²) < 4.78 is 31.8. The Morgan fingerprint density at radius 2 is 1.90 bits per heavy atom. The number of nitrogens with zero attached hydrogens (tertiary/aromatic N) is 2. The number of ether oxygens (including phenoxy) is 3. The van der Waals surface area contributed by atoms with E-state index in [1.54, 1.807) is 38.2 Å². The number of hydrogen-bond acceptors (Lipinski definition) is 8. The standard InChI is InChI=1S/C31H34FN3O5S/c1-31(2,3)40-30(37)33-11-12-38-13-14-39-26-18-22(32)7-9-24(26)28-29-25(10-15-41-29)27(34-35-28)21-5-4-20-17-23(36)8-6-19(20)16-21/h4-5,7,9-10,15-16,18,23,36H,6,8,11-14,17H2,1-3H3,(H,33,37). The van der Waals surface area contributed by atoms with Crippen LogP contribution in [0.15, 0.2) is 47.8 Å². The Morgan fingerprint density at radius 1 is 1.07 bits per heavy atom. The first-order chi connectivity index (χ1) is 19.7. The number of benzene rings is 2. The molecule has 1 aliphatic rings. The fraction of sp³-hybridized carbons (Fsp3) is 0.387. The van der Waals surface area contributed by atoms with Gasteiger partial charge in [0.2, 0.25) is 0 Å². The number of alkyl carbamates (subject to hydrolysis) is 1. The van der Waals surface area contributed by atoms with E-state index in [-0.39, 0.29) is 25.9 Å². The fourth-order valence-electron chi connectivity index (χ4n) is 4.81. The van der Waals surface area contributed by atoms with Gasteiger partial charge in [0.05, 0.1) is 24.0 Å². The van der Waals surface area contributed by atoms with Gasteiger partial charge in [0.15, 0.2) is 0 Å². The number of thiophene rings is 1. The lowest BCUT2D eigenvalue weighted by Gasteiger charge is -2.21. The van der Waals surface area contributed by atoms with Crippen molar-refractivity contribution >= 4 is 27.5 Å². The maximum Gasteiger partial charge on any atom is 0.407 e. The van der Waals surface area contributed by atoms with E-state index in [2.05, 4.69) is 27.6 Å². The highest BCUT2D eigenvalue weighted by atomic mass is 32.1. The molecule has 2 aromatic heterocycles. The van der Waals surface area contributed by atoms with Crippen LogP contribution in [-0.4, -0.2) is 59.5 Å². The molecule has 8 nitrogen and oxygen atoms in total. The molecule has 2 heterocycles. The lowest BCUT2D eigenvalue weighted by molar-refractivity contribution is 0.0489. The van der Waals surface area contributed by atoms with Crippen molar-refractivity contribution in [3.05, 3.63) is 64.8 Å². The average molecular weight is 580 g/mol. The minimum atomic E-state index is -0.562. The van der Waals surface area contributed by atoms with E-state index >= 15 is 0 Å². The van der Waals surface area contributed by atoms with Crippen molar-refractivity contribution in [3.8, 4) is 28.3 Å². The monoisotopic (exact) mass is 579 g/mol. The summed E-state index contributed by atoms with van der Waals surface area (Å²) in [6.07, 6.45) is 1.49. The number of hydrogen-bond donors (Lipinski definition) is 2. The van der Waals surface area contributed by atoms with Gasteiger partial charge in [-0.2, -0.15) is 0 Å². The van der Waals surface area contributed by atoms with E-state index in [9.17, 15) is 14.3 Å². The summed E-state index contributed by atoms with van der Waals surface area (Å²) in [5, 5.41) is 24.8. The maximum atomic E-state index is 14.2. The third-order valence-electron chi connectivity index (χ3n) is 6.67. The van der Waals surface area contributed by atoms with Gasteiger partial charge in [-0.25, -0.2) is 9.18 Å². The van der Waals surface area contributed by atoms with Crippen molar-refractivity contribution in [3.63, 3.8) is 0 Å². The summed E-state index contributed by atoms with van der Waals surface area (Å²) in [7, 11) is 0. The lowest BCUT2D eigenvalue weighted by Crippen LogP contribution is -2.34. The van der Waals surface area contributed by atoms with Gasteiger partial charge in [-0.3, -0.25) is 0 Å². The molecular weight excluding hydrogens is 545 g/mol. The molecule has 0 spiro atoms. The molecule has 4 aromatic rings. The molecule has 0 aliphatic heterocycles. The minimum absolute atomic E-state index is 0.186. The predicted molar refractivity (Wildman–Crippen MR) is 157 cm³/mol. The van der Waals surface area contributed by atoms with Crippen LogP contribution in [0.2, 0.25) is 0 Å². The number of nitrogens with one attached hydrogen (secondary N) is 1. The highest BCUT2D eigenvalue weighted by Crippen LogP contribution is 2.40. The molecule has 0 fully saturated rings. The van der Waals surface area contributed by atoms with Crippen LogP contribution in [0, 0.1) is 5.82 Å². The molecule has 41 heavy (non-hydrogen) atoms. The molecule has 5 rings (SSSR count). The van der Waals surface area contributed by atoms with Crippen LogP contribution in [0.3, 0.4) is 0 Å². The number of aromatic nitrogens is 2. The van der Waals surface area contributed by atoms with E-state index in [1.165, 1.54) is 23.3 Å². The van der Waals surface area contributed by atoms with Gasteiger partial charge in [0.1, 0.15) is 35.2 Å². The largest absolute Gasteiger partial charge is 0.490 e. The molecule has 216 valence electrons. The molecule has 2 N–H and O–H groups in total. The Bertz CT molecular complexity index is 1530. The van der Waals surface area contributed by atoms with E-state index < -0.39 is 17.5 Å². The molecule has 0 saturated carbocycles. The van der Waals surface area contributed by atoms with Gasteiger partial charge < -0.3 is 24.6 Å². The van der Waals surface area contributed by atoms with Gasteiger partial charge in [-0.05, 0) is 80.8 Å². The Kier molecular flexibility index (Phi) is 8.82. The number of halogens is 1. The van der Waals surface area contributed by atoms with Crippen LogP contribution in [0.1, 0.15) is 38.3 Å². The first-order valence-corrected chi connectivity index (χ1v) is 14.6. The first-order valence-electron chi connectivity index (χ1n) is 13.7. The van der Waals surface area contributed by atoms with Crippen molar-refractivity contribution in [2.45, 2.75) is 51.7 Å². The third-order valence-corrected chi connectivity index (χ3v) is 7.59. The quantitative estimate of drug-likeness (QED) is 0.237. The zero-order valence-electron chi connectivity index (χ0n) is 23.4. The molecule has 10 heteroatoms. The van der Waals surface area contributed by atoms with Crippen molar-refractivity contribution in [1.29, 1.82) is 0 Å². The fourth-order valence-corrected chi connectivity index (χ4v) is 5.71. The maximum absolute atomic E-state index is 14.2. The van der Waals surface area contributed by atoms with Gasteiger partial charge >= 0.3 is 6.09 Å². The molecular formula is C31H34FN3O5S. The summed E-state index contributed by atoms with van der Waals surface area (Å²) in [5.41, 5.74) is 4.89. The van der Waals surface area contributed by atoms with Gasteiger partial charge in [-0.1, -0.05) is 12.1 Å². The molecule has 0 radical (unpaired) electrons. The summed E-state index contributed by atoms with van der Waals surface area (Å²) >= 11 is 1.55. The zero-order chi connectivity index (χ0) is 29.0. The number of carbonyl (C=O) groups is 1. The molecule has 0 bridgehead atoms. The van der Waals surface area contributed by atoms with Crippen LogP contribution in [0.4, 0.5) is 9.18 Å². The highest BCUT2D eigenvalue weighted by molar-refractivity contribution is 7.17. The average Bonchev–Trinajstić information content (AvgIpc) is 3.41. The number of aryl methyl sites for hydroxylation is 1. The summed E-state index contributed by atoms with van der Waals surface area (Å²) in [4.78, 5) is 11.7. The van der Waals surface area contributed by atoms with E-state index in [0.717, 1.165) is 34.2 Å². The van der Waals surface area contributed by atoms with Crippen LogP contribution in [0.25, 0.3) is 32.6 Å². The summed E-state index contributed by atoms with van der Waals surface area (Å²) in [5.74, 6) is -0.0676. The molecule has 0 saturated heterocycles. The van der Waals surface area contributed by atoms with Crippen molar-refractivity contribution in [2.75, 3.05) is 26.4 Å². The number of rotatable bonds is 9. The van der Waals surface area contributed by atoms with Crippen molar-refractivity contribution in [2.24, 2.45) is 0 Å². The lowest BCUT2D eigenvalue weighted by atomic mass is 9.88. The van der Waals surface area contributed by atoms with Gasteiger partial charge in [-0.15, -0.1) is 21.5 Å². The number of aliphatic hydroxyl groups excluding tert-OH is 1. The summed E-state index contributed by atoms with van der Waals surface area (Å²) in [6, 6.07) is 12.7. The second-order valence-electron chi connectivity index (χ2n) is 11.0. The van der Waals surface area contributed by atoms with Crippen LogP contribution in [0.5, 0.6) is 5.75 Å². The molecule has 1 unspecified atom stereocenters. The SMILES string of the molecule is CC(C)(C)OC(=O)NCCOCCOc1cc(F)ccc1-c1nnc(-c2ccc3c(c2)CCC(O)C3)c2ccsc12. The smallest absolute Gasteiger partial charge is 0.407 e. The number of fused-ring (bicyclic) bond motifs is 2. The molecule has 1 aliphatic carbocycles. The third kappa shape index (κ3) is 7.19. The van der Waals surface area contributed by atoms with Crippen LogP contribution in [-0.2, 0) is 22.3 Å². The Morgan fingerprint density at radius 3 is 2.73 bits per heavy atom. The van der Waals surface area contributed by atoms with Crippen LogP contribution >= 0.6 is 11.3 Å². The van der Waals surface area contributed by atoms with Crippen molar-refractivity contribution in [1.82, 2.24) is 15.5 Å². The second kappa shape index (κ2) is 12.5. The second-order valence-corrected chi connectivity index (χ2v) is 11.9. The van der Waals surface area contributed by atoms with E-state index in [4.69, 9.17) is 14.2 Å². The van der Waals surface area contributed by atoms with E-state index in [0.29, 0.717) is 30.0 Å². The number of aliphatic hydroxyl groups is 1. The van der Waals surface area contributed by atoms with Gasteiger partial charge in [0, 0.05) is 29.1 Å². The molecule has 1 amide bonds. The Hall–Kier alpha value is -3.60. The Labute approximate surface area is 242 Å². The number of amides is 1. The zero-order valence-corrected chi connectivity index (χ0v) is 24.2. The minimum Gasteiger partial charge on any atom is -0.490 e.